The molecule has 0 aliphatic carbocycles. The highest BCUT2D eigenvalue weighted by molar-refractivity contribution is 5.94. The number of carbonyl (C=O) groups is 1. The van der Waals surface area contributed by atoms with Crippen LogP contribution in [0.2, 0.25) is 0 Å². The molecule has 0 saturated carbocycles. The van der Waals surface area contributed by atoms with Crippen LogP contribution in [0.25, 0.3) is 11.3 Å². The Bertz CT molecular complexity index is 1050. The molecule has 2 aromatic heterocycles. The maximum absolute atomic E-state index is 12.3. The summed E-state index contributed by atoms with van der Waals surface area (Å²) in [5.74, 6) is 0.830. The largest absolute Gasteiger partial charge is 0.394 e. The topological polar surface area (TPSA) is 96.2 Å². The number of benzene rings is 1. The number of pyridine rings is 1. The first kappa shape index (κ1) is 20.0. The van der Waals surface area contributed by atoms with Crippen LogP contribution in [0.15, 0.2) is 42.7 Å². The SMILES string of the molecule is CC(=O)N1c2ccc(-c3cn(CCO)nn3)cc2[C@H](Nc2ccc(C)cn2)C[C@@H]1C. The van der Waals surface area contributed by atoms with E-state index in [0.29, 0.717) is 6.54 Å². The molecule has 0 fully saturated rings. The smallest absolute Gasteiger partial charge is 0.224 e. The number of rotatable bonds is 5. The third-order valence-corrected chi connectivity index (χ3v) is 5.42. The zero-order chi connectivity index (χ0) is 21.3. The molecule has 8 nitrogen and oxygen atoms in total. The molecule has 1 aromatic carbocycles. The van der Waals surface area contributed by atoms with E-state index in [4.69, 9.17) is 5.11 Å². The first-order valence-electron chi connectivity index (χ1n) is 10.1. The van der Waals surface area contributed by atoms with Gasteiger partial charge in [0, 0.05) is 30.4 Å². The van der Waals surface area contributed by atoms with Crippen molar-refractivity contribution in [3.63, 3.8) is 0 Å². The van der Waals surface area contributed by atoms with E-state index in [2.05, 4.69) is 33.6 Å². The third-order valence-electron chi connectivity index (χ3n) is 5.42. The molecule has 2 N–H and O–H groups in total. The molecule has 0 spiro atoms. The number of aliphatic hydroxyl groups excluding tert-OH is 1. The predicted molar refractivity (Wildman–Crippen MR) is 115 cm³/mol. The van der Waals surface area contributed by atoms with Crippen LogP contribution in [0.4, 0.5) is 11.5 Å². The minimum atomic E-state index is 0.00763. The lowest BCUT2D eigenvalue weighted by Gasteiger charge is -2.39. The summed E-state index contributed by atoms with van der Waals surface area (Å²) in [7, 11) is 0. The van der Waals surface area contributed by atoms with Crippen LogP contribution in [-0.4, -0.2) is 43.6 Å². The summed E-state index contributed by atoms with van der Waals surface area (Å²) in [6.07, 6.45) is 4.42. The van der Waals surface area contributed by atoms with Crippen LogP contribution in [0.5, 0.6) is 0 Å². The van der Waals surface area contributed by atoms with Gasteiger partial charge in [-0.3, -0.25) is 4.79 Å². The molecular formula is C22H26N6O2. The second-order valence-corrected chi connectivity index (χ2v) is 7.76. The molecule has 30 heavy (non-hydrogen) atoms. The number of carbonyl (C=O) groups excluding carboxylic acids is 1. The molecule has 1 amide bonds. The lowest BCUT2D eigenvalue weighted by Crippen LogP contribution is -2.43. The van der Waals surface area contributed by atoms with Crippen LogP contribution in [0.3, 0.4) is 0 Å². The van der Waals surface area contributed by atoms with Crippen molar-refractivity contribution in [2.75, 3.05) is 16.8 Å². The van der Waals surface area contributed by atoms with Gasteiger partial charge in [-0.05, 0) is 49.6 Å². The molecule has 0 saturated heterocycles. The highest BCUT2D eigenvalue weighted by atomic mass is 16.3. The van der Waals surface area contributed by atoms with E-state index in [1.54, 1.807) is 11.6 Å². The molecule has 0 bridgehead atoms. The highest BCUT2D eigenvalue weighted by Crippen LogP contribution is 2.40. The Morgan fingerprint density at radius 3 is 2.83 bits per heavy atom. The highest BCUT2D eigenvalue weighted by Gasteiger charge is 2.33. The van der Waals surface area contributed by atoms with Gasteiger partial charge in [0.15, 0.2) is 0 Å². The molecule has 1 aliphatic rings. The standard InChI is InChI=1S/C22H26N6O2/c1-14-4-7-22(23-12-14)24-19-10-15(2)28(16(3)30)21-6-5-17(11-18(19)21)20-13-27(8-9-29)26-25-20/h4-7,11-13,15,19,29H,8-10H2,1-3H3,(H,23,24)/t15-,19+/m0/s1. The van der Waals surface area contributed by atoms with Crippen molar-refractivity contribution < 1.29 is 9.90 Å². The molecule has 3 heterocycles. The fourth-order valence-electron chi connectivity index (χ4n) is 4.01. The number of aliphatic hydroxyl groups is 1. The second kappa shape index (κ2) is 8.23. The summed E-state index contributed by atoms with van der Waals surface area (Å²) in [4.78, 5) is 18.7. The number of amides is 1. The Hall–Kier alpha value is -3.26. The van der Waals surface area contributed by atoms with Crippen molar-refractivity contribution in [1.29, 1.82) is 0 Å². The lowest BCUT2D eigenvalue weighted by molar-refractivity contribution is -0.117. The molecular weight excluding hydrogens is 380 g/mol. The molecule has 3 aromatic rings. The Labute approximate surface area is 175 Å². The Morgan fingerprint density at radius 1 is 1.30 bits per heavy atom. The van der Waals surface area contributed by atoms with Gasteiger partial charge in [-0.15, -0.1) is 5.10 Å². The van der Waals surface area contributed by atoms with Gasteiger partial charge in [0.2, 0.25) is 5.91 Å². The van der Waals surface area contributed by atoms with Gasteiger partial charge in [-0.2, -0.15) is 0 Å². The van der Waals surface area contributed by atoms with Gasteiger partial charge in [-0.25, -0.2) is 9.67 Å². The molecule has 0 radical (unpaired) electrons. The molecule has 2 atom stereocenters. The predicted octanol–water partition coefficient (Wildman–Crippen LogP) is 2.94. The van der Waals surface area contributed by atoms with Crippen molar-refractivity contribution >= 4 is 17.4 Å². The number of aryl methyl sites for hydroxylation is 1. The number of anilines is 2. The number of aromatic nitrogens is 4. The molecule has 156 valence electrons. The number of nitrogens with zero attached hydrogens (tertiary/aromatic N) is 5. The first-order valence-corrected chi connectivity index (χ1v) is 10.1. The quantitative estimate of drug-likeness (QED) is 0.676. The van der Waals surface area contributed by atoms with E-state index in [1.165, 1.54) is 0 Å². The van der Waals surface area contributed by atoms with Crippen LogP contribution in [0.1, 0.15) is 37.4 Å². The maximum Gasteiger partial charge on any atom is 0.224 e. The van der Waals surface area contributed by atoms with Gasteiger partial charge < -0.3 is 15.3 Å². The number of hydrogen-bond acceptors (Lipinski definition) is 6. The van der Waals surface area contributed by atoms with Crippen molar-refractivity contribution in [1.82, 2.24) is 20.0 Å². The van der Waals surface area contributed by atoms with Crippen molar-refractivity contribution in [3.05, 3.63) is 53.9 Å². The summed E-state index contributed by atoms with van der Waals surface area (Å²) < 4.78 is 1.62. The summed E-state index contributed by atoms with van der Waals surface area (Å²) in [5.41, 5.74) is 4.68. The molecule has 4 rings (SSSR count). The molecule has 8 heteroatoms. The second-order valence-electron chi connectivity index (χ2n) is 7.76. The van der Waals surface area contributed by atoms with E-state index in [9.17, 15) is 4.79 Å². The minimum absolute atomic E-state index is 0.00763. The van der Waals surface area contributed by atoms with Gasteiger partial charge in [0.25, 0.3) is 0 Å². The van der Waals surface area contributed by atoms with E-state index >= 15 is 0 Å². The van der Waals surface area contributed by atoms with Crippen LogP contribution in [0, 0.1) is 6.92 Å². The number of hydrogen-bond donors (Lipinski definition) is 2. The van der Waals surface area contributed by atoms with Crippen molar-refractivity contribution in [2.24, 2.45) is 0 Å². The van der Waals surface area contributed by atoms with Gasteiger partial charge in [0.1, 0.15) is 11.5 Å². The molecule has 0 unspecified atom stereocenters. The van der Waals surface area contributed by atoms with Gasteiger partial charge in [-0.1, -0.05) is 17.3 Å². The average molecular weight is 406 g/mol. The minimum Gasteiger partial charge on any atom is -0.394 e. The number of fused-ring (bicyclic) bond motifs is 1. The normalized spacial score (nSPS) is 18.2. The van der Waals surface area contributed by atoms with E-state index in [-0.39, 0.29) is 24.6 Å². The number of nitrogens with one attached hydrogen (secondary N) is 1. The zero-order valence-electron chi connectivity index (χ0n) is 17.4. The Morgan fingerprint density at radius 2 is 2.13 bits per heavy atom. The molecule has 1 aliphatic heterocycles. The monoisotopic (exact) mass is 406 g/mol. The first-order chi connectivity index (χ1) is 14.5. The van der Waals surface area contributed by atoms with Crippen LogP contribution >= 0.6 is 0 Å². The van der Waals surface area contributed by atoms with E-state index in [1.807, 2.05) is 48.5 Å². The Balaban J connectivity index is 1.73. The van der Waals surface area contributed by atoms with Crippen LogP contribution < -0.4 is 10.2 Å². The van der Waals surface area contributed by atoms with Crippen molar-refractivity contribution in [2.45, 2.75) is 45.8 Å². The van der Waals surface area contributed by atoms with E-state index in [0.717, 1.165) is 40.3 Å². The zero-order valence-corrected chi connectivity index (χ0v) is 17.4. The summed E-state index contributed by atoms with van der Waals surface area (Å²) in [6, 6.07) is 10.1. The summed E-state index contributed by atoms with van der Waals surface area (Å²) in [5, 5.41) is 20.9. The van der Waals surface area contributed by atoms with Crippen molar-refractivity contribution in [3.8, 4) is 11.3 Å². The van der Waals surface area contributed by atoms with E-state index < -0.39 is 0 Å². The fraction of sp³-hybridized carbons (Fsp3) is 0.364. The van der Waals surface area contributed by atoms with Gasteiger partial charge in [0.05, 0.1) is 25.4 Å². The summed E-state index contributed by atoms with van der Waals surface area (Å²) in [6.45, 7) is 6.08. The summed E-state index contributed by atoms with van der Waals surface area (Å²) >= 11 is 0. The third kappa shape index (κ3) is 3.91. The Kier molecular flexibility index (Phi) is 5.50. The van der Waals surface area contributed by atoms with Gasteiger partial charge >= 0.3 is 0 Å². The maximum atomic E-state index is 12.3. The lowest BCUT2D eigenvalue weighted by atomic mass is 9.89. The fourth-order valence-corrected chi connectivity index (χ4v) is 4.01. The average Bonchev–Trinajstić information content (AvgIpc) is 3.18. The van der Waals surface area contributed by atoms with Crippen LogP contribution in [-0.2, 0) is 11.3 Å².